The Bertz CT molecular complexity index is 362. The van der Waals surface area contributed by atoms with Gasteiger partial charge in [-0.2, -0.15) is 0 Å². The lowest BCUT2D eigenvalue weighted by Gasteiger charge is -2.22. The van der Waals surface area contributed by atoms with E-state index in [0.717, 1.165) is 5.92 Å². The molecule has 0 aromatic heterocycles. The van der Waals surface area contributed by atoms with Crippen molar-refractivity contribution in [1.82, 2.24) is 5.32 Å². The highest BCUT2D eigenvalue weighted by Crippen LogP contribution is 2.49. The van der Waals surface area contributed by atoms with Crippen molar-refractivity contribution in [1.29, 1.82) is 0 Å². The standard InChI is InChI=1S/C16H23N/c1-2-16(10-11-16)12-17-15(14-8-9-14)13-6-4-3-5-7-13/h3-7,14-15,17H,2,8-12H2,1H3. The first-order valence-corrected chi connectivity index (χ1v) is 7.11. The monoisotopic (exact) mass is 229 g/mol. The normalized spacial score (nSPS) is 23.4. The summed E-state index contributed by atoms with van der Waals surface area (Å²) in [5.74, 6) is 0.894. The number of hydrogen-bond acceptors (Lipinski definition) is 1. The van der Waals surface area contributed by atoms with Gasteiger partial charge in [0.2, 0.25) is 0 Å². The highest BCUT2D eigenvalue weighted by Gasteiger charge is 2.42. The Morgan fingerprint density at radius 1 is 1.24 bits per heavy atom. The van der Waals surface area contributed by atoms with Crippen molar-refractivity contribution in [2.24, 2.45) is 11.3 Å². The van der Waals surface area contributed by atoms with Crippen molar-refractivity contribution < 1.29 is 0 Å². The van der Waals surface area contributed by atoms with Gasteiger partial charge >= 0.3 is 0 Å². The summed E-state index contributed by atoms with van der Waals surface area (Å²) in [5.41, 5.74) is 2.14. The molecule has 0 amide bonds. The van der Waals surface area contributed by atoms with Crippen LogP contribution in [0.4, 0.5) is 0 Å². The van der Waals surface area contributed by atoms with Crippen LogP contribution in [-0.4, -0.2) is 6.54 Å². The summed E-state index contributed by atoms with van der Waals surface area (Å²) in [6.45, 7) is 3.56. The largest absolute Gasteiger partial charge is 0.309 e. The molecule has 1 heteroatoms. The molecular formula is C16H23N. The molecule has 0 aliphatic heterocycles. The van der Waals surface area contributed by atoms with E-state index in [4.69, 9.17) is 0 Å². The molecule has 0 radical (unpaired) electrons. The third kappa shape index (κ3) is 2.55. The molecule has 0 heterocycles. The zero-order chi connectivity index (χ0) is 11.7. The molecule has 1 unspecified atom stereocenters. The molecular weight excluding hydrogens is 206 g/mol. The first-order chi connectivity index (χ1) is 8.33. The maximum Gasteiger partial charge on any atom is 0.0348 e. The van der Waals surface area contributed by atoms with Crippen molar-refractivity contribution in [3.8, 4) is 0 Å². The Morgan fingerprint density at radius 3 is 2.47 bits per heavy atom. The average molecular weight is 229 g/mol. The molecule has 2 aliphatic carbocycles. The van der Waals surface area contributed by atoms with E-state index in [1.165, 1.54) is 44.2 Å². The second kappa shape index (κ2) is 4.45. The Kier molecular flexibility index (Phi) is 2.96. The van der Waals surface area contributed by atoms with Crippen LogP contribution in [0.5, 0.6) is 0 Å². The van der Waals surface area contributed by atoms with Crippen LogP contribution in [0.15, 0.2) is 30.3 Å². The molecule has 1 nitrogen and oxygen atoms in total. The summed E-state index contributed by atoms with van der Waals surface area (Å²) in [7, 11) is 0. The fourth-order valence-corrected chi connectivity index (χ4v) is 2.81. The molecule has 2 aliphatic rings. The second-order valence-corrected chi connectivity index (χ2v) is 5.96. The minimum atomic E-state index is 0.611. The van der Waals surface area contributed by atoms with E-state index < -0.39 is 0 Å². The molecule has 1 N–H and O–H groups in total. The van der Waals surface area contributed by atoms with E-state index in [2.05, 4.69) is 42.6 Å². The third-order valence-electron chi connectivity index (χ3n) is 4.66. The van der Waals surface area contributed by atoms with Crippen LogP contribution in [0.25, 0.3) is 0 Å². The third-order valence-corrected chi connectivity index (χ3v) is 4.66. The Balaban J connectivity index is 1.65. The molecule has 3 rings (SSSR count). The predicted molar refractivity (Wildman–Crippen MR) is 71.9 cm³/mol. The molecule has 0 bridgehead atoms. The van der Waals surface area contributed by atoms with Crippen molar-refractivity contribution >= 4 is 0 Å². The van der Waals surface area contributed by atoms with Gasteiger partial charge < -0.3 is 5.32 Å². The van der Waals surface area contributed by atoms with Crippen LogP contribution >= 0.6 is 0 Å². The minimum absolute atomic E-state index is 0.611. The quantitative estimate of drug-likeness (QED) is 0.779. The van der Waals surface area contributed by atoms with Gasteiger partial charge in [-0.3, -0.25) is 0 Å². The van der Waals surface area contributed by atoms with E-state index in [9.17, 15) is 0 Å². The van der Waals surface area contributed by atoms with Gasteiger partial charge in [0.1, 0.15) is 0 Å². The minimum Gasteiger partial charge on any atom is -0.309 e. The van der Waals surface area contributed by atoms with E-state index >= 15 is 0 Å². The molecule has 1 aromatic carbocycles. The van der Waals surface area contributed by atoms with Gasteiger partial charge in [-0.1, -0.05) is 37.3 Å². The van der Waals surface area contributed by atoms with Crippen LogP contribution in [0.2, 0.25) is 0 Å². The van der Waals surface area contributed by atoms with Crippen LogP contribution in [-0.2, 0) is 0 Å². The molecule has 0 saturated heterocycles. The topological polar surface area (TPSA) is 12.0 Å². The fourth-order valence-electron chi connectivity index (χ4n) is 2.81. The molecule has 92 valence electrons. The van der Waals surface area contributed by atoms with Gasteiger partial charge in [-0.05, 0) is 49.0 Å². The Morgan fingerprint density at radius 2 is 1.94 bits per heavy atom. The first kappa shape index (κ1) is 11.3. The number of nitrogens with one attached hydrogen (secondary N) is 1. The second-order valence-electron chi connectivity index (χ2n) is 5.96. The molecule has 1 aromatic rings. The molecule has 2 saturated carbocycles. The highest BCUT2D eigenvalue weighted by atomic mass is 15.0. The van der Waals surface area contributed by atoms with Gasteiger partial charge in [-0.15, -0.1) is 0 Å². The molecule has 17 heavy (non-hydrogen) atoms. The van der Waals surface area contributed by atoms with E-state index in [1.54, 1.807) is 0 Å². The van der Waals surface area contributed by atoms with Crippen molar-refractivity contribution in [3.05, 3.63) is 35.9 Å². The maximum absolute atomic E-state index is 3.85. The number of hydrogen-bond donors (Lipinski definition) is 1. The summed E-state index contributed by atoms with van der Waals surface area (Å²) < 4.78 is 0. The summed E-state index contributed by atoms with van der Waals surface area (Å²) in [5, 5.41) is 3.85. The summed E-state index contributed by atoms with van der Waals surface area (Å²) in [4.78, 5) is 0. The predicted octanol–water partition coefficient (Wildman–Crippen LogP) is 3.92. The lowest BCUT2D eigenvalue weighted by Crippen LogP contribution is -2.29. The van der Waals surface area contributed by atoms with Crippen molar-refractivity contribution in [2.45, 2.75) is 45.1 Å². The van der Waals surface area contributed by atoms with E-state index in [0.29, 0.717) is 11.5 Å². The Labute approximate surface area is 105 Å². The zero-order valence-corrected chi connectivity index (χ0v) is 10.8. The van der Waals surface area contributed by atoms with Gasteiger partial charge in [0, 0.05) is 12.6 Å². The number of benzene rings is 1. The van der Waals surface area contributed by atoms with Crippen LogP contribution in [0.3, 0.4) is 0 Å². The summed E-state index contributed by atoms with van der Waals surface area (Å²) >= 11 is 0. The van der Waals surface area contributed by atoms with Gasteiger partial charge in [0.25, 0.3) is 0 Å². The van der Waals surface area contributed by atoms with Crippen LogP contribution < -0.4 is 5.32 Å². The lowest BCUT2D eigenvalue weighted by molar-refractivity contribution is 0.384. The SMILES string of the molecule is CCC1(CNC(c2ccccc2)C2CC2)CC1. The number of rotatable bonds is 6. The van der Waals surface area contributed by atoms with E-state index in [-0.39, 0.29) is 0 Å². The average Bonchev–Trinajstić information content (AvgIpc) is 3.26. The first-order valence-electron chi connectivity index (χ1n) is 7.11. The molecule has 2 fully saturated rings. The van der Waals surface area contributed by atoms with Crippen LogP contribution in [0.1, 0.15) is 50.6 Å². The fraction of sp³-hybridized carbons (Fsp3) is 0.625. The molecule has 0 spiro atoms. The Hall–Kier alpha value is -0.820. The summed E-state index contributed by atoms with van der Waals surface area (Å²) in [6, 6.07) is 11.6. The zero-order valence-electron chi connectivity index (χ0n) is 10.8. The van der Waals surface area contributed by atoms with Crippen molar-refractivity contribution in [2.75, 3.05) is 6.54 Å². The summed E-state index contributed by atoms with van der Waals surface area (Å²) in [6.07, 6.45) is 7.02. The van der Waals surface area contributed by atoms with Gasteiger partial charge in [-0.25, -0.2) is 0 Å². The van der Waals surface area contributed by atoms with Crippen molar-refractivity contribution in [3.63, 3.8) is 0 Å². The lowest BCUT2D eigenvalue weighted by atomic mass is 9.99. The maximum atomic E-state index is 3.85. The highest BCUT2D eigenvalue weighted by molar-refractivity contribution is 5.21. The van der Waals surface area contributed by atoms with Gasteiger partial charge in [0.05, 0.1) is 0 Å². The van der Waals surface area contributed by atoms with Gasteiger partial charge in [0.15, 0.2) is 0 Å². The smallest absolute Gasteiger partial charge is 0.0348 e. The van der Waals surface area contributed by atoms with E-state index in [1.807, 2.05) is 0 Å². The van der Waals surface area contributed by atoms with Crippen LogP contribution in [0, 0.1) is 11.3 Å². The molecule has 1 atom stereocenters.